The maximum Gasteiger partial charge on any atom is 0.00499 e. The lowest BCUT2D eigenvalue weighted by Gasteiger charge is -2.34. The third kappa shape index (κ3) is 3.76. The van der Waals surface area contributed by atoms with Gasteiger partial charge in [-0.3, -0.25) is 0 Å². The molecule has 0 saturated heterocycles. The van der Waals surface area contributed by atoms with Crippen molar-refractivity contribution in [3.63, 3.8) is 0 Å². The van der Waals surface area contributed by atoms with Gasteiger partial charge in [0, 0.05) is 6.54 Å². The van der Waals surface area contributed by atoms with Crippen molar-refractivity contribution in [3.8, 4) is 0 Å². The Morgan fingerprint density at radius 3 is 2.33 bits per heavy atom. The molecule has 0 aromatic carbocycles. The molecule has 0 spiro atoms. The fourth-order valence-electron chi connectivity index (χ4n) is 2.76. The summed E-state index contributed by atoms with van der Waals surface area (Å²) >= 11 is 0. The molecular formula is C13H28N2. The summed E-state index contributed by atoms with van der Waals surface area (Å²) < 4.78 is 0. The molecule has 1 saturated carbocycles. The van der Waals surface area contributed by atoms with Crippen molar-refractivity contribution in [2.24, 2.45) is 11.1 Å². The summed E-state index contributed by atoms with van der Waals surface area (Å²) in [7, 11) is 0. The topological polar surface area (TPSA) is 29.3 Å². The van der Waals surface area contributed by atoms with Crippen LogP contribution in [0.1, 0.15) is 52.4 Å². The van der Waals surface area contributed by atoms with Crippen LogP contribution in [-0.4, -0.2) is 31.1 Å². The second kappa shape index (κ2) is 6.49. The van der Waals surface area contributed by atoms with Crippen LogP contribution in [0.25, 0.3) is 0 Å². The fourth-order valence-corrected chi connectivity index (χ4v) is 2.76. The van der Waals surface area contributed by atoms with Crippen LogP contribution < -0.4 is 5.73 Å². The standard InChI is InChI=1S/C13H28N2/c1-3-5-10-15(4-2)12-13(11-14)8-6-7-9-13/h3-12,14H2,1-2H3. The van der Waals surface area contributed by atoms with Crippen LogP contribution in [0, 0.1) is 5.41 Å². The highest BCUT2D eigenvalue weighted by Crippen LogP contribution is 2.37. The molecule has 1 fully saturated rings. The first-order chi connectivity index (χ1) is 7.26. The van der Waals surface area contributed by atoms with Gasteiger partial charge in [-0.1, -0.05) is 33.1 Å². The smallest absolute Gasteiger partial charge is 0.00499 e. The molecule has 1 aliphatic rings. The minimum atomic E-state index is 0.462. The highest BCUT2D eigenvalue weighted by atomic mass is 15.1. The average Bonchev–Trinajstić information content (AvgIpc) is 2.73. The third-order valence-electron chi connectivity index (χ3n) is 3.93. The van der Waals surface area contributed by atoms with E-state index < -0.39 is 0 Å². The zero-order chi connectivity index (χ0) is 11.1. The van der Waals surface area contributed by atoms with Gasteiger partial charge in [-0.05, 0) is 44.3 Å². The lowest BCUT2D eigenvalue weighted by Crippen LogP contribution is -2.41. The van der Waals surface area contributed by atoms with Crippen molar-refractivity contribution in [3.05, 3.63) is 0 Å². The van der Waals surface area contributed by atoms with Gasteiger partial charge in [-0.15, -0.1) is 0 Å². The van der Waals surface area contributed by atoms with Crippen LogP contribution in [-0.2, 0) is 0 Å². The molecule has 0 unspecified atom stereocenters. The summed E-state index contributed by atoms with van der Waals surface area (Å²) in [6, 6.07) is 0. The molecule has 0 aromatic heterocycles. The Hall–Kier alpha value is -0.0800. The Morgan fingerprint density at radius 1 is 1.20 bits per heavy atom. The average molecular weight is 212 g/mol. The van der Waals surface area contributed by atoms with Gasteiger partial charge in [0.1, 0.15) is 0 Å². The Balaban J connectivity index is 2.40. The zero-order valence-corrected chi connectivity index (χ0v) is 10.6. The lowest BCUT2D eigenvalue weighted by molar-refractivity contribution is 0.162. The van der Waals surface area contributed by atoms with Crippen molar-refractivity contribution in [1.29, 1.82) is 0 Å². The number of rotatable bonds is 7. The predicted octanol–water partition coefficient (Wildman–Crippen LogP) is 2.63. The van der Waals surface area contributed by atoms with E-state index in [1.54, 1.807) is 0 Å². The van der Waals surface area contributed by atoms with E-state index in [1.165, 1.54) is 58.2 Å². The molecule has 15 heavy (non-hydrogen) atoms. The van der Waals surface area contributed by atoms with E-state index in [0.717, 1.165) is 6.54 Å². The van der Waals surface area contributed by atoms with E-state index in [-0.39, 0.29) is 0 Å². The van der Waals surface area contributed by atoms with Crippen LogP contribution in [0.15, 0.2) is 0 Å². The Bertz CT molecular complexity index is 162. The third-order valence-corrected chi connectivity index (χ3v) is 3.93. The quantitative estimate of drug-likeness (QED) is 0.703. The molecule has 0 atom stereocenters. The van der Waals surface area contributed by atoms with Crippen molar-refractivity contribution in [2.75, 3.05) is 26.2 Å². The first-order valence-corrected chi connectivity index (χ1v) is 6.69. The van der Waals surface area contributed by atoms with Crippen LogP contribution in [0.2, 0.25) is 0 Å². The lowest BCUT2D eigenvalue weighted by atomic mass is 9.85. The van der Waals surface area contributed by atoms with E-state index in [0.29, 0.717) is 5.41 Å². The summed E-state index contributed by atoms with van der Waals surface area (Å²) in [6.45, 7) is 9.10. The van der Waals surface area contributed by atoms with Crippen molar-refractivity contribution in [1.82, 2.24) is 4.90 Å². The number of hydrogen-bond acceptors (Lipinski definition) is 2. The van der Waals surface area contributed by atoms with E-state index in [1.807, 2.05) is 0 Å². The minimum absolute atomic E-state index is 0.462. The summed E-state index contributed by atoms with van der Waals surface area (Å²) in [5.74, 6) is 0. The van der Waals surface area contributed by atoms with E-state index >= 15 is 0 Å². The van der Waals surface area contributed by atoms with E-state index in [2.05, 4.69) is 18.7 Å². The number of hydrogen-bond donors (Lipinski definition) is 1. The Morgan fingerprint density at radius 2 is 1.87 bits per heavy atom. The molecule has 0 amide bonds. The van der Waals surface area contributed by atoms with E-state index in [4.69, 9.17) is 5.73 Å². The van der Waals surface area contributed by atoms with Gasteiger partial charge in [-0.25, -0.2) is 0 Å². The number of nitrogens with zero attached hydrogens (tertiary/aromatic N) is 1. The molecule has 90 valence electrons. The monoisotopic (exact) mass is 212 g/mol. The summed E-state index contributed by atoms with van der Waals surface area (Å²) in [5.41, 5.74) is 6.44. The first-order valence-electron chi connectivity index (χ1n) is 6.69. The van der Waals surface area contributed by atoms with Gasteiger partial charge >= 0.3 is 0 Å². The van der Waals surface area contributed by atoms with Gasteiger partial charge in [0.05, 0.1) is 0 Å². The van der Waals surface area contributed by atoms with Gasteiger partial charge in [0.25, 0.3) is 0 Å². The SMILES string of the molecule is CCCCN(CC)CC1(CN)CCCC1. The normalized spacial score (nSPS) is 20.0. The van der Waals surface area contributed by atoms with Crippen molar-refractivity contribution in [2.45, 2.75) is 52.4 Å². The summed E-state index contributed by atoms with van der Waals surface area (Å²) in [4.78, 5) is 2.60. The largest absolute Gasteiger partial charge is 0.330 e. The van der Waals surface area contributed by atoms with Gasteiger partial charge in [-0.2, -0.15) is 0 Å². The predicted molar refractivity (Wildman–Crippen MR) is 67.0 cm³/mol. The minimum Gasteiger partial charge on any atom is -0.330 e. The molecule has 2 nitrogen and oxygen atoms in total. The first kappa shape index (κ1) is 13.0. The molecule has 2 N–H and O–H groups in total. The molecular weight excluding hydrogens is 184 g/mol. The maximum absolute atomic E-state index is 5.97. The van der Waals surface area contributed by atoms with Gasteiger partial charge in [0.15, 0.2) is 0 Å². The molecule has 0 aliphatic heterocycles. The van der Waals surface area contributed by atoms with Crippen molar-refractivity contribution >= 4 is 0 Å². The second-order valence-electron chi connectivity index (χ2n) is 5.13. The number of unbranched alkanes of at least 4 members (excludes halogenated alkanes) is 1. The summed E-state index contributed by atoms with van der Waals surface area (Å²) in [5, 5.41) is 0. The maximum atomic E-state index is 5.97. The van der Waals surface area contributed by atoms with Crippen LogP contribution >= 0.6 is 0 Å². The van der Waals surface area contributed by atoms with Crippen LogP contribution in [0.5, 0.6) is 0 Å². The molecule has 0 aromatic rings. The highest BCUT2D eigenvalue weighted by molar-refractivity contribution is 4.88. The van der Waals surface area contributed by atoms with Crippen LogP contribution in [0.4, 0.5) is 0 Å². The molecule has 1 rings (SSSR count). The number of nitrogens with two attached hydrogens (primary N) is 1. The molecule has 2 heteroatoms. The van der Waals surface area contributed by atoms with Crippen LogP contribution in [0.3, 0.4) is 0 Å². The molecule has 0 heterocycles. The molecule has 0 bridgehead atoms. The molecule has 1 aliphatic carbocycles. The van der Waals surface area contributed by atoms with E-state index in [9.17, 15) is 0 Å². The molecule has 0 radical (unpaired) electrons. The second-order valence-corrected chi connectivity index (χ2v) is 5.13. The van der Waals surface area contributed by atoms with Crippen molar-refractivity contribution < 1.29 is 0 Å². The van der Waals surface area contributed by atoms with Gasteiger partial charge in [0.2, 0.25) is 0 Å². The Labute approximate surface area is 95.2 Å². The van der Waals surface area contributed by atoms with Gasteiger partial charge < -0.3 is 10.6 Å². The fraction of sp³-hybridized carbons (Fsp3) is 1.00. The summed E-state index contributed by atoms with van der Waals surface area (Å²) in [6.07, 6.45) is 8.12. The zero-order valence-electron chi connectivity index (χ0n) is 10.6. The Kier molecular flexibility index (Phi) is 5.62. The highest BCUT2D eigenvalue weighted by Gasteiger charge is 2.33.